The van der Waals surface area contributed by atoms with Gasteiger partial charge < -0.3 is 15.2 Å². The molecule has 0 aliphatic heterocycles. The van der Waals surface area contributed by atoms with Gasteiger partial charge in [0.25, 0.3) is 5.69 Å². The van der Waals surface area contributed by atoms with E-state index in [2.05, 4.69) is 10.0 Å². The van der Waals surface area contributed by atoms with Crippen LogP contribution in [0, 0.1) is 16.0 Å². The highest BCUT2D eigenvalue weighted by Crippen LogP contribution is 2.27. The number of carboxylic acid groups (broad SMARTS) is 1. The number of carbonyl (C=O) groups excluding carboxylic acids is 1. The van der Waals surface area contributed by atoms with Crippen LogP contribution in [0.1, 0.15) is 78.1 Å². The van der Waals surface area contributed by atoms with Gasteiger partial charge in [0, 0.05) is 6.07 Å². The van der Waals surface area contributed by atoms with Crippen molar-refractivity contribution in [2.75, 3.05) is 0 Å². The zero-order valence-corrected chi connectivity index (χ0v) is 19.6. The maximum absolute atomic E-state index is 10.9. The zero-order chi connectivity index (χ0) is 22.6. The maximum Gasteiger partial charge on any atom is 0.284 e. The third-order valence-corrected chi connectivity index (χ3v) is 7.06. The zero-order valence-electron chi connectivity index (χ0n) is 18.8. The highest BCUT2D eigenvalue weighted by molar-refractivity contribution is 7.97. The molecule has 1 atom stereocenters. The molecule has 0 spiro atoms. The Morgan fingerprint density at radius 1 is 1.03 bits per heavy atom. The first-order valence-corrected chi connectivity index (χ1v) is 12.4. The summed E-state index contributed by atoms with van der Waals surface area (Å²) in [6.45, 7) is 3.46. The second-order valence-corrected chi connectivity index (χ2v) is 9.85. The van der Waals surface area contributed by atoms with E-state index in [9.17, 15) is 20.0 Å². The number of hydrogen-bond acceptors (Lipinski definition) is 6. The van der Waals surface area contributed by atoms with Crippen LogP contribution in [-0.4, -0.2) is 29.0 Å². The Bertz CT molecular complexity index is 673. The lowest BCUT2D eigenvalue weighted by Crippen LogP contribution is -2.95. The second kappa shape index (κ2) is 13.7. The summed E-state index contributed by atoms with van der Waals surface area (Å²) < 4.78 is 2.68. The molecular weight excluding hydrogens is 414 g/mol. The lowest BCUT2D eigenvalue weighted by Gasteiger charge is -2.27. The van der Waals surface area contributed by atoms with E-state index in [-0.39, 0.29) is 11.6 Å². The van der Waals surface area contributed by atoms with Gasteiger partial charge in [0.05, 0.1) is 29.0 Å². The molecule has 0 radical (unpaired) electrons. The Morgan fingerprint density at radius 3 is 2.00 bits per heavy atom. The summed E-state index contributed by atoms with van der Waals surface area (Å²) in [5.74, 6) is -1.40. The molecular formula is C23H37N3O4S. The van der Waals surface area contributed by atoms with Crippen LogP contribution < -0.4 is 15.1 Å². The SMILES string of the molecule is C1CCC([NH2+]C2CCCCC2)CC1.CC(C)C(NSc1ccccc1[N+](=O)[O-])C(=O)[O-]. The van der Waals surface area contributed by atoms with Crippen molar-refractivity contribution < 1.29 is 20.1 Å². The van der Waals surface area contributed by atoms with Gasteiger partial charge >= 0.3 is 0 Å². The van der Waals surface area contributed by atoms with Crippen LogP contribution in [0.2, 0.25) is 0 Å². The van der Waals surface area contributed by atoms with Gasteiger partial charge in [-0.25, -0.2) is 0 Å². The highest BCUT2D eigenvalue weighted by Gasteiger charge is 2.23. The molecule has 2 aliphatic rings. The number of para-hydroxylation sites is 1. The van der Waals surface area contributed by atoms with Gasteiger partial charge in [-0.05, 0) is 75.3 Å². The van der Waals surface area contributed by atoms with E-state index in [4.69, 9.17) is 0 Å². The van der Waals surface area contributed by atoms with Crippen molar-refractivity contribution in [3.63, 3.8) is 0 Å². The van der Waals surface area contributed by atoms with E-state index in [1.807, 2.05) is 0 Å². The van der Waals surface area contributed by atoms with Crippen molar-refractivity contribution in [2.24, 2.45) is 5.92 Å². The Hall–Kier alpha value is -1.64. The molecule has 2 fully saturated rings. The third kappa shape index (κ3) is 9.17. The number of nitrogens with two attached hydrogens (primary N) is 1. The van der Waals surface area contributed by atoms with Crippen LogP contribution in [0.4, 0.5) is 5.69 Å². The van der Waals surface area contributed by atoms with Crippen LogP contribution in [0.25, 0.3) is 0 Å². The molecule has 0 heterocycles. The first-order valence-electron chi connectivity index (χ1n) is 11.6. The summed E-state index contributed by atoms with van der Waals surface area (Å²) in [6.07, 6.45) is 15.0. The topological polar surface area (TPSA) is 112 Å². The van der Waals surface area contributed by atoms with Crippen molar-refractivity contribution in [2.45, 2.75) is 101 Å². The average Bonchev–Trinajstić information content (AvgIpc) is 2.75. The summed E-state index contributed by atoms with van der Waals surface area (Å²) >= 11 is 0.928. The Morgan fingerprint density at radius 2 is 1.55 bits per heavy atom. The molecule has 7 nitrogen and oxygen atoms in total. The number of nitrogens with zero attached hydrogens (tertiary/aromatic N) is 1. The average molecular weight is 452 g/mol. The number of hydrogen-bond donors (Lipinski definition) is 2. The number of carbonyl (C=O) groups is 1. The molecule has 2 aliphatic carbocycles. The van der Waals surface area contributed by atoms with Crippen LogP contribution in [0.3, 0.4) is 0 Å². The summed E-state index contributed by atoms with van der Waals surface area (Å²) in [7, 11) is 0. The van der Waals surface area contributed by atoms with E-state index < -0.39 is 16.9 Å². The summed E-state index contributed by atoms with van der Waals surface area (Å²) in [4.78, 5) is 21.5. The number of nitrogens with one attached hydrogen (secondary N) is 1. The van der Waals surface area contributed by atoms with Crippen molar-refractivity contribution in [3.05, 3.63) is 34.4 Å². The normalized spacial score (nSPS) is 18.8. The van der Waals surface area contributed by atoms with Gasteiger partial charge in [-0.15, -0.1) is 0 Å². The molecule has 3 N–H and O–H groups in total. The minimum absolute atomic E-state index is 0.0594. The molecule has 2 saturated carbocycles. The van der Waals surface area contributed by atoms with E-state index >= 15 is 0 Å². The predicted octanol–water partition coefficient (Wildman–Crippen LogP) is 3.18. The Kier molecular flexibility index (Phi) is 11.3. The molecule has 31 heavy (non-hydrogen) atoms. The molecule has 0 aromatic heterocycles. The molecule has 1 aromatic rings. The number of nitro benzene ring substituents is 1. The predicted molar refractivity (Wildman–Crippen MR) is 121 cm³/mol. The molecule has 0 saturated heterocycles. The fourth-order valence-electron chi connectivity index (χ4n) is 4.32. The van der Waals surface area contributed by atoms with E-state index in [1.165, 1.54) is 70.3 Å². The van der Waals surface area contributed by atoms with E-state index in [1.54, 1.807) is 32.0 Å². The monoisotopic (exact) mass is 451 g/mol. The van der Waals surface area contributed by atoms with Crippen LogP contribution in [-0.2, 0) is 4.79 Å². The smallest absolute Gasteiger partial charge is 0.284 e. The largest absolute Gasteiger partial charge is 0.548 e. The van der Waals surface area contributed by atoms with Crippen molar-refractivity contribution in [1.29, 1.82) is 0 Å². The number of benzene rings is 1. The first kappa shape index (κ1) is 25.6. The summed E-state index contributed by atoms with van der Waals surface area (Å²) in [5.41, 5.74) is -0.0594. The quantitative estimate of drug-likeness (QED) is 0.357. The molecule has 3 rings (SSSR count). The molecule has 1 unspecified atom stereocenters. The first-order chi connectivity index (χ1) is 14.9. The molecule has 0 amide bonds. The number of aliphatic carboxylic acids is 1. The minimum atomic E-state index is -1.23. The fraction of sp³-hybridized carbons (Fsp3) is 0.696. The van der Waals surface area contributed by atoms with Gasteiger partial charge in [0.15, 0.2) is 0 Å². The number of quaternary nitrogens is 1. The van der Waals surface area contributed by atoms with Gasteiger partial charge in [-0.1, -0.05) is 38.8 Å². The molecule has 174 valence electrons. The fourth-order valence-corrected chi connectivity index (χ4v) is 5.33. The van der Waals surface area contributed by atoms with E-state index in [0.717, 1.165) is 24.0 Å². The number of nitro groups is 1. The maximum atomic E-state index is 10.9. The van der Waals surface area contributed by atoms with Gasteiger partial charge in [-0.2, -0.15) is 0 Å². The van der Waals surface area contributed by atoms with E-state index in [0.29, 0.717) is 4.90 Å². The molecule has 0 bridgehead atoms. The molecule has 1 aromatic carbocycles. The van der Waals surface area contributed by atoms with Crippen molar-refractivity contribution in [1.82, 2.24) is 4.72 Å². The summed E-state index contributed by atoms with van der Waals surface area (Å²) in [6, 6.07) is 7.26. The minimum Gasteiger partial charge on any atom is -0.548 e. The van der Waals surface area contributed by atoms with Gasteiger partial charge in [0.1, 0.15) is 4.90 Å². The number of carboxylic acids is 1. The third-order valence-electron chi connectivity index (χ3n) is 6.12. The number of rotatable bonds is 8. The van der Waals surface area contributed by atoms with Crippen LogP contribution in [0.15, 0.2) is 29.2 Å². The van der Waals surface area contributed by atoms with Crippen LogP contribution >= 0.6 is 11.9 Å². The van der Waals surface area contributed by atoms with Crippen molar-refractivity contribution in [3.8, 4) is 0 Å². The summed E-state index contributed by atoms with van der Waals surface area (Å²) in [5, 5.41) is 24.4. The van der Waals surface area contributed by atoms with Gasteiger partial charge in [-0.3, -0.25) is 14.8 Å². The van der Waals surface area contributed by atoms with Gasteiger partial charge in [0.2, 0.25) is 0 Å². The second-order valence-electron chi connectivity index (χ2n) is 8.97. The lowest BCUT2D eigenvalue weighted by atomic mass is 9.91. The Balaban J connectivity index is 0.000000231. The van der Waals surface area contributed by atoms with Crippen LogP contribution in [0.5, 0.6) is 0 Å². The van der Waals surface area contributed by atoms with Crippen molar-refractivity contribution >= 4 is 23.6 Å². The highest BCUT2D eigenvalue weighted by atomic mass is 32.2. The lowest BCUT2D eigenvalue weighted by molar-refractivity contribution is -0.725. The standard InChI is InChI=1S/C12H23N.C11H14N2O4S/c1-3-7-11(8-4-1)13-12-9-5-2-6-10-12;1-7(2)10(11(14)15)12-18-9-6-4-3-5-8(9)13(16)17/h11-13H,1-10H2;3-7,10,12H,1-2H3,(H,14,15). The molecule has 8 heteroatoms. The Labute approximate surface area is 190 Å².